The van der Waals surface area contributed by atoms with Crippen molar-refractivity contribution in [2.24, 2.45) is 5.90 Å². The summed E-state index contributed by atoms with van der Waals surface area (Å²) >= 11 is 5.72. The monoisotopic (exact) mass is 201 g/mol. The van der Waals surface area contributed by atoms with Gasteiger partial charge >= 0.3 is 0 Å². The molecule has 0 fully saturated rings. The molecular weight excluding hydrogens is 190 g/mol. The van der Waals surface area contributed by atoms with Crippen LogP contribution in [0.4, 0.5) is 0 Å². The third-order valence-corrected chi connectivity index (χ3v) is 2.05. The maximum Gasteiger partial charge on any atom is 0.106 e. The molecule has 4 heteroatoms. The lowest BCUT2D eigenvalue weighted by Gasteiger charge is -2.12. The second kappa shape index (κ2) is 5.19. The van der Waals surface area contributed by atoms with Crippen LogP contribution in [0.25, 0.3) is 0 Å². The zero-order chi connectivity index (χ0) is 9.68. The zero-order valence-electron chi connectivity index (χ0n) is 7.11. The average Bonchev–Trinajstić information content (AvgIpc) is 2.16. The number of nitrogens with two attached hydrogens (primary N) is 1. The molecule has 1 rings (SSSR count). The van der Waals surface area contributed by atoms with Crippen LogP contribution in [0.2, 0.25) is 5.02 Å². The van der Waals surface area contributed by atoms with Gasteiger partial charge in [0.25, 0.3) is 0 Å². The van der Waals surface area contributed by atoms with Gasteiger partial charge in [0.1, 0.15) is 6.10 Å². The van der Waals surface area contributed by atoms with E-state index in [4.69, 9.17) is 27.4 Å². The van der Waals surface area contributed by atoms with E-state index < -0.39 is 0 Å². The summed E-state index contributed by atoms with van der Waals surface area (Å²) in [5, 5.41) is 9.39. The van der Waals surface area contributed by atoms with Crippen molar-refractivity contribution in [1.82, 2.24) is 0 Å². The minimum Gasteiger partial charge on any atom is -0.396 e. The van der Waals surface area contributed by atoms with E-state index in [1.807, 2.05) is 12.1 Å². The highest BCUT2D eigenvalue weighted by atomic mass is 35.5. The van der Waals surface area contributed by atoms with Gasteiger partial charge in [-0.2, -0.15) is 0 Å². The normalized spacial score (nSPS) is 12.8. The molecule has 1 atom stereocenters. The highest BCUT2D eigenvalue weighted by Gasteiger charge is 2.09. The molecule has 0 heterocycles. The van der Waals surface area contributed by atoms with Gasteiger partial charge in [0, 0.05) is 18.1 Å². The number of aliphatic hydroxyl groups is 1. The summed E-state index contributed by atoms with van der Waals surface area (Å²) in [6, 6.07) is 7.19. The van der Waals surface area contributed by atoms with Crippen molar-refractivity contribution < 1.29 is 9.94 Å². The average molecular weight is 202 g/mol. The fourth-order valence-electron chi connectivity index (χ4n) is 1.11. The molecule has 72 valence electrons. The quantitative estimate of drug-likeness (QED) is 0.729. The van der Waals surface area contributed by atoms with Gasteiger partial charge in [-0.15, -0.1) is 0 Å². The first-order valence-corrected chi connectivity index (χ1v) is 4.37. The predicted molar refractivity (Wildman–Crippen MR) is 51.2 cm³/mol. The standard InChI is InChI=1S/C9H12ClNO2/c10-8-3-1-7(2-4-8)9(13-11)5-6-12/h1-4,9,12H,5-6,11H2. The van der Waals surface area contributed by atoms with Gasteiger partial charge in [-0.05, 0) is 17.7 Å². The van der Waals surface area contributed by atoms with Gasteiger partial charge < -0.3 is 5.11 Å². The van der Waals surface area contributed by atoms with Crippen molar-refractivity contribution in [2.75, 3.05) is 6.61 Å². The molecule has 13 heavy (non-hydrogen) atoms. The van der Waals surface area contributed by atoms with E-state index in [1.54, 1.807) is 12.1 Å². The second-order valence-electron chi connectivity index (χ2n) is 2.69. The lowest BCUT2D eigenvalue weighted by atomic mass is 10.1. The first-order valence-electron chi connectivity index (χ1n) is 3.99. The Labute approximate surface area is 82.0 Å². The predicted octanol–water partition coefficient (Wildman–Crippen LogP) is 1.65. The fraction of sp³-hybridized carbons (Fsp3) is 0.333. The molecule has 0 spiro atoms. The van der Waals surface area contributed by atoms with Gasteiger partial charge in [-0.25, -0.2) is 5.90 Å². The molecule has 0 aromatic heterocycles. The molecule has 3 N–H and O–H groups in total. The molecule has 0 aliphatic carbocycles. The molecular formula is C9H12ClNO2. The van der Waals surface area contributed by atoms with Crippen LogP contribution >= 0.6 is 11.6 Å². The number of rotatable bonds is 4. The highest BCUT2D eigenvalue weighted by Crippen LogP contribution is 2.20. The van der Waals surface area contributed by atoms with Crippen molar-refractivity contribution in [1.29, 1.82) is 0 Å². The Balaban J connectivity index is 2.73. The summed E-state index contributed by atoms with van der Waals surface area (Å²) in [5.41, 5.74) is 0.918. The van der Waals surface area contributed by atoms with Crippen LogP contribution in [0, 0.1) is 0 Å². The van der Waals surface area contributed by atoms with E-state index in [1.165, 1.54) is 0 Å². The zero-order valence-corrected chi connectivity index (χ0v) is 7.87. The van der Waals surface area contributed by atoms with Crippen LogP contribution < -0.4 is 5.90 Å². The summed E-state index contributed by atoms with van der Waals surface area (Å²) < 4.78 is 0. The Morgan fingerprint density at radius 1 is 1.38 bits per heavy atom. The summed E-state index contributed by atoms with van der Waals surface area (Å²) in [6.07, 6.45) is 0.222. The van der Waals surface area contributed by atoms with Crippen LogP contribution in [-0.4, -0.2) is 11.7 Å². The molecule has 0 aliphatic rings. The molecule has 3 nitrogen and oxygen atoms in total. The van der Waals surface area contributed by atoms with E-state index in [-0.39, 0.29) is 12.7 Å². The minimum absolute atomic E-state index is 0.0461. The Hall–Kier alpha value is -0.610. The van der Waals surface area contributed by atoms with Crippen LogP contribution in [0.5, 0.6) is 0 Å². The smallest absolute Gasteiger partial charge is 0.106 e. The van der Waals surface area contributed by atoms with Crippen LogP contribution in [0.1, 0.15) is 18.1 Å². The largest absolute Gasteiger partial charge is 0.396 e. The Morgan fingerprint density at radius 2 is 2.00 bits per heavy atom. The van der Waals surface area contributed by atoms with Crippen molar-refractivity contribution in [3.05, 3.63) is 34.9 Å². The lowest BCUT2D eigenvalue weighted by molar-refractivity contribution is 0.0342. The fourth-order valence-corrected chi connectivity index (χ4v) is 1.23. The van der Waals surface area contributed by atoms with Crippen LogP contribution in [-0.2, 0) is 4.84 Å². The number of benzene rings is 1. The van der Waals surface area contributed by atoms with Crippen LogP contribution in [0.15, 0.2) is 24.3 Å². The van der Waals surface area contributed by atoms with Gasteiger partial charge in [0.05, 0.1) is 0 Å². The maximum absolute atomic E-state index is 8.72. The molecule has 0 radical (unpaired) electrons. The van der Waals surface area contributed by atoms with E-state index in [2.05, 4.69) is 0 Å². The first-order chi connectivity index (χ1) is 6.27. The van der Waals surface area contributed by atoms with Gasteiger partial charge in [0.2, 0.25) is 0 Å². The number of halogens is 1. The Bertz CT molecular complexity index is 250. The van der Waals surface area contributed by atoms with Crippen molar-refractivity contribution in [3.63, 3.8) is 0 Å². The van der Waals surface area contributed by atoms with Gasteiger partial charge in [-0.3, -0.25) is 4.84 Å². The Kier molecular flexibility index (Phi) is 4.18. The topological polar surface area (TPSA) is 55.5 Å². The Morgan fingerprint density at radius 3 is 2.46 bits per heavy atom. The van der Waals surface area contributed by atoms with Crippen molar-refractivity contribution in [3.8, 4) is 0 Å². The van der Waals surface area contributed by atoms with Crippen LogP contribution in [0.3, 0.4) is 0 Å². The third-order valence-electron chi connectivity index (χ3n) is 1.80. The molecule has 1 unspecified atom stereocenters. The molecule has 1 aromatic carbocycles. The van der Waals surface area contributed by atoms with E-state index in [0.717, 1.165) is 5.56 Å². The lowest BCUT2D eigenvalue weighted by Crippen LogP contribution is -2.10. The molecule has 0 amide bonds. The maximum atomic E-state index is 8.72. The van der Waals surface area contributed by atoms with E-state index in [0.29, 0.717) is 11.4 Å². The molecule has 0 bridgehead atoms. The van der Waals surface area contributed by atoms with E-state index >= 15 is 0 Å². The molecule has 0 saturated carbocycles. The number of hydrogen-bond donors (Lipinski definition) is 2. The molecule has 0 saturated heterocycles. The van der Waals surface area contributed by atoms with Gasteiger partial charge in [-0.1, -0.05) is 23.7 Å². The minimum atomic E-state index is -0.262. The number of aliphatic hydroxyl groups excluding tert-OH is 1. The molecule has 1 aromatic rings. The SMILES string of the molecule is NOC(CCO)c1ccc(Cl)cc1. The van der Waals surface area contributed by atoms with E-state index in [9.17, 15) is 0 Å². The first kappa shape index (κ1) is 10.5. The van der Waals surface area contributed by atoms with Crippen molar-refractivity contribution in [2.45, 2.75) is 12.5 Å². The highest BCUT2D eigenvalue weighted by molar-refractivity contribution is 6.30. The number of hydrogen-bond acceptors (Lipinski definition) is 3. The summed E-state index contributed by atoms with van der Waals surface area (Å²) in [4.78, 5) is 4.71. The second-order valence-corrected chi connectivity index (χ2v) is 3.12. The van der Waals surface area contributed by atoms with Crippen molar-refractivity contribution >= 4 is 11.6 Å². The summed E-state index contributed by atoms with van der Waals surface area (Å²) in [7, 11) is 0. The summed E-state index contributed by atoms with van der Waals surface area (Å²) in [6.45, 7) is 0.0461. The summed E-state index contributed by atoms with van der Waals surface area (Å²) in [5.74, 6) is 5.08. The third kappa shape index (κ3) is 2.97. The van der Waals surface area contributed by atoms with Gasteiger partial charge in [0.15, 0.2) is 0 Å². The molecule has 0 aliphatic heterocycles.